The van der Waals surface area contributed by atoms with Gasteiger partial charge in [-0.2, -0.15) is 5.10 Å². The molecule has 8 heteroatoms. The molecule has 1 N–H and O–H groups in total. The van der Waals surface area contributed by atoms with Gasteiger partial charge in [0, 0.05) is 32.4 Å². The molecule has 3 heterocycles. The van der Waals surface area contributed by atoms with Gasteiger partial charge in [-0.3, -0.25) is 14.3 Å². The van der Waals surface area contributed by atoms with Crippen molar-refractivity contribution in [2.24, 2.45) is 7.05 Å². The highest BCUT2D eigenvalue weighted by Gasteiger charge is 2.26. The third-order valence-corrected chi connectivity index (χ3v) is 6.06. The predicted molar refractivity (Wildman–Crippen MR) is 127 cm³/mol. The van der Waals surface area contributed by atoms with Crippen molar-refractivity contribution in [1.82, 2.24) is 20.0 Å². The lowest BCUT2D eigenvalue weighted by Gasteiger charge is -2.31. The van der Waals surface area contributed by atoms with Crippen LogP contribution in [-0.4, -0.2) is 45.6 Å². The quantitative estimate of drug-likeness (QED) is 0.475. The minimum absolute atomic E-state index is 0.0271. The number of amides is 2. The number of nitrogens with one attached hydrogen (secondary N) is 1. The molecule has 1 aliphatic heterocycles. The Morgan fingerprint density at radius 2 is 1.88 bits per heavy atom. The Morgan fingerprint density at radius 1 is 1.09 bits per heavy atom. The number of likely N-dealkylation sites (tertiary alicyclic amines) is 1. The fraction of sp³-hybridized carbons (Fsp3) is 0.269. The first-order chi connectivity index (χ1) is 16.5. The van der Waals surface area contributed by atoms with Crippen LogP contribution in [0.15, 0.2) is 71.4 Å². The molecule has 1 fully saturated rings. The van der Waals surface area contributed by atoms with Crippen molar-refractivity contribution >= 4 is 22.6 Å². The highest BCUT2D eigenvalue weighted by molar-refractivity contribution is 5.94. The molecule has 1 aliphatic rings. The highest BCUT2D eigenvalue weighted by atomic mass is 16.5. The fourth-order valence-electron chi connectivity index (χ4n) is 4.17. The van der Waals surface area contributed by atoms with Gasteiger partial charge < -0.3 is 19.4 Å². The third-order valence-electron chi connectivity index (χ3n) is 6.06. The first kappa shape index (κ1) is 21.8. The van der Waals surface area contributed by atoms with E-state index in [1.54, 1.807) is 41.2 Å². The number of aromatic nitrogens is 2. The SMILES string of the molecule is Cn1cc(C(=O)NC2CCN(C(=O)c3ccc(COc4ccc5ccccc5c4)o3)CC2)cn1. The van der Waals surface area contributed by atoms with Gasteiger partial charge in [0.15, 0.2) is 5.76 Å². The van der Waals surface area contributed by atoms with Crippen molar-refractivity contribution in [1.29, 1.82) is 0 Å². The van der Waals surface area contributed by atoms with Crippen LogP contribution in [0.4, 0.5) is 0 Å². The monoisotopic (exact) mass is 458 g/mol. The molecule has 0 bridgehead atoms. The van der Waals surface area contributed by atoms with E-state index in [1.807, 2.05) is 36.4 Å². The second-order valence-corrected chi connectivity index (χ2v) is 8.51. The molecule has 2 aromatic carbocycles. The molecule has 4 aromatic rings. The summed E-state index contributed by atoms with van der Waals surface area (Å²) >= 11 is 0. The molecular formula is C26H26N4O4. The van der Waals surface area contributed by atoms with Crippen LogP contribution >= 0.6 is 0 Å². The summed E-state index contributed by atoms with van der Waals surface area (Å²) in [6.07, 6.45) is 4.62. The smallest absolute Gasteiger partial charge is 0.289 e. The molecule has 0 atom stereocenters. The van der Waals surface area contributed by atoms with Gasteiger partial charge in [0.25, 0.3) is 11.8 Å². The number of furan rings is 1. The lowest BCUT2D eigenvalue weighted by atomic mass is 10.0. The average Bonchev–Trinajstić information content (AvgIpc) is 3.52. The normalized spacial score (nSPS) is 14.3. The second-order valence-electron chi connectivity index (χ2n) is 8.51. The Bertz CT molecular complexity index is 1320. The number of benzene rings is 2. The molecule has 34 heavy (non-hydrogen) atoms. The number of piperidine rings is 1. The predicted octanol–water partition coefficient (Wildman–Crippen LogP) is 3.78. The van der Waals surface area contributed by atoms with Crippen molar-refractivity contribution in [2.75, 3.05) is 13.1 Å². The van der Waals surface area contributed by atoms with Gasteiger partial charge in [0.2, 0.25) is 0 Å². The minimum atomic E-state index is -0.144. The summed E-state index contributed by atoms with van der Waals surface area (Å²) in [4.78, 5) is 27.0. The van der Waals surface area contributed by atoms with E-state index < -0.39 is 0 Å². The molecule has 2 amide bonds. The Labute approximate surface area is 197 Å². The lowest BCUT2D eigenvalue weighted by molar-refractivity contribution is 0.0663. The lowest BCUT2D eigenvalue weighted by Crippen LogP contribution is -2.46. The summed E-state index contributed by atoms with van der Waals surface area (Å²) in [7, 11) is 1.77. The van der Waals surface area contributed by atoms with Gasteiger partial charge in [-0.05, 0) is 47.9 Å². The number of carbonyl (C=O) groups excluding carboxylic acids is 2. The number of carbonyl (C=O) groups is 2. The zero-order valence-electron chi connectivity index (χ0n) is 18.9. The highest BCUT2D eigenvalue weighted by Crippen LogP contribution is 2.22. The first-order valence-corrected chi connectivity index (χ1v) is 11.3. The number of hydrogen-bond acceptors (Lipinski definition) is 5. The van der Waals surface area contributed by atoms with Gasteiger partial charge in [-0.15, -0.1) is 0 Å². The number of hydrogen-bond donors (Lipinski definition) is 1. The van der Waals surface area contributed by atoms with E-state index in [9.17, 15) is 9.59 Å². The van der Waals surface area contributed by atoms with E-state index in [0.717, 1.165) is 16.5 Å². The van der Waals surface area contributed by atoms with Crippen LogP contribution in [0.25, 0.3) is 10.8 Å². The average molecular weight is 459 g/mol. The molecule has 2 aromatic heterocycles. The number of rotatable bonds is 6. The van der Waals surface area contributed by atoms with Gasteiger partial charge in [-0.1, -0.05) is 30.3 Å². The van der Waals surface area contributed by atoms with Crippen LogP contribution in [0.2, 0.25) is 0 Å². The van der Waals surface area contributed by atoms with E-state index in [0.29, 0.717) is 43.0 Å². The topological polar surface area (TPSA) is 89.6 Å². The van der Waals surface area contributed by atoms with Crippen LogP contribution in [0, 0.1) is 0 Å². The number of ether oxygens (including phenoxy) is 1. The molecule has 0 saturated carbocycles. The Kier molecular flexibility index (Phi) is 6.03. The Hall–Kier alpha value is -4.07. The van der Waals surface area contributed by atoms with E-state index in [-0.39, 0.29) is 24.5 Å². The van der Waals surface area contributed by atoms with Crippen molar-refractivity contribution in [3.63, 3.8) is 0 Å². The molecule has 1 saturated heterocycles. The zero-order valence-corrected chi connectivity index (χ0v) is 18.9. The van der Waals surface area contributed by atoms with Crippen LogP contribution in [0.3, 0.4) is 0 Å². The molecule has 0 spiro atoms. The summed E-state index contributed by atoms with van der Waals surface area (Å²) in [6.45, 7) is 1.36. The zero-order chi connectivity index (χ0) is 23.5. The maximum absolute atomic E-state index is 12.9. The number of aryl methyl sites for hydroxylation is 1. The molecule has 174 valence electrons. The largest absolute Gasteiger partial charge is 0.486 e. The summed E-state index contributed by atoms with van der Waals surface area (Å²) in [5.74, 6) is 1.36. The van der Waals surface area contributed by atoms with Crippen LogP contribution < -0.4 is 10.1 Å². The minimum Gasteiger partial charge on any atom is -0.486 e. The molecular weight excluding hydrogens is 432 g/mol. The molecule has 5 rings (SSSR count). The standard InChI is InChI=1S/C26H26N4O4/c1-29-16-20(15-27-29)25(31)28-21-10-12-30(13-11-21)26(32)24-9-8-23(34-24)17-33-22-7-6-18-4-2-3-5-19(18)14-22/h2-9,14-16,21H,10-13,17H2,1H3,(H,28,31). The third kappa shape index (κ3) is 4.80. The van der Waals surface area contributed by atoms with Gasteiger partial charge in [0.05, 0.1) is 11.8 Å². The maximum atomic E-state index is 12.9. The Balaban J connectivity index is 1.12. The van der Waals surface area contributed by atoms with Gasteiger partial charge >= 0.3 is 0 Å². The maximum Gasteiger partial charge on any atom is 0.289 e. The van der Waals surface area contributed by atoms with Crippen molar-refractivity contribution in [3.05, 3.63) is 84.1 Å². The van der Waals surface area contributed by atoms with E-state index in [2.05, 4.69) is 16.5 Å². The van der Waals surface area contributed by atoms with Crippen LogP contribution in [0.5, 0.6) is 5.75 Å². The Morgan fingerprint density at radius 3 is 2.65 bits per heavy atom. The summed E-state index contributed by atoms with van der Waals surface area (Å²) < 4.78 is 13.2. The second kappa shape index (κ2) is 9.43. The van der Waals surface area contributed by atoms with Crippen LogP contribution in [0.1, 0.15) is 39.5 Å². The molecule has 0 aliphatic carbocycles. The first-order valence-electron chi connectivity index (χ1n) is 11.3. The van der Waals surface area contributed by atoms with Crippen molar-refractivity contribution < 1.29 is 18.7 Å². The van der Waals surface area contributed by atoms with E-state index in [4.69, 9.17) is 9.15 Å². The van der Waals surface area contributed by atoms with E-state index >= 15 is 0 Å². The molecule has 0 unspecified atom stereocenters. The van der Waals surface area contributed by atoms with Crippen molar-refractivity contribution in [2.45, 2.75) is 25.5 Å². The van der Waals surface area contributed by atoms with Gasteiger partial charge in [0.1, 0.15) is 18.1 Å². The molecule has 0 radical (unpaired) electrons. The summed E-state index contributed by atoms with van der Waals surface area (Å²) in [6, 6.07) is 17.5. The van der Waals surface area contributed by atoms with E-state index in [1.165, 1.54) is 0 Å². The van der Waals surface area contributed by atoms with Crippen molar-refractivity contribution in [3.8, 4) is 5.75 Å². The van der Waals surface area contributed by atoms with Gasteiger partial charge in [-0.25, -0.2) is 0 Å². The molecule has 8 nitrogen and oxygen atoms in total. The fourth-order valence-corrected chi connectivity index (χ4v) is 4.17. The number of nitrogens with zero attached hydrogens (tertiary/aromatic N) is 3. The summed E-state index contributed by atoms with van der Waals surface area (Å²) in [5.41, 5.74) is 0.537. The number of fused-ring (bicyclic) bond motifs is 1. The van der Waals surface area contributed by atoms with Crippen LogP contribution in [-0.2, 0) is 13.7 Å². The summed E-state index contributed by atoms with van der Waals surface area (Å²) in [5, 5.41) is 9.31.